The standard InChI is InChI=1S/C25H30N2O5S2/c1-13-10-16(11-14(2)21(13)30-8-7-9-31-34(6,28)29)23-26-24(32-27-23)22-17-12-18-20(25(18,4)5)19(17)15(3)33-22/h10-11,18,20H,7-9,12H2,1-6H3/t18-,20-/m1/s1. The number of hydrogen-bond donors (Lipinski definition) is 0. The molecule has 2 aliphatic carbocycles. The average molecular weight is 503 g/mol. The Labute approximate surface area is 204 Å². The second-order valence-electron chi connectivity index (χ2n) is 10.1. The van der Waals surface area contributed by atoms with Crippen molar-refractivity contribution in [2.45, 2.75) is 53.4 Å². The summed E-state index contributed by atoms with van der Waals surface area (Å²) in [6.07, 6.45) is 2.62. The summed E-state index contributed by atoms with van der Waals surface area (Å²) < 4.78 is 38.5. The number of hydrogen-bond acceptors (Lipinski definition) is 8. The number of thiophene rings is 1. The number of benzene rings is 1. The molecule has 0 unspecified atom stereocenters. The lowest BCUT2D eigenvalue weighted by Gasteiger charge is -2.13. The van der Waals surface area contributed by atoms with Crippen LogP contribution in [0.3, 0.4) is 0 Å². The van der Waals surface area contributed by atoms with Crippen LogP contribution in [-0.4, -0.2) is 38.0 Å². The van der Waals surface area contributed by atoms with Crippen molar-refractivity contribution in [3.63, 3.8) is 0 Å². The normalized spacial score (nSPS) is 20.3. The van der Waals surface area contributed by atoms with Crippen LogP contribution in [0.4, 0.5) is 0 Å². The number of aromatic nitrogens is 2. The maximum Gasteiger partial charge on any atom is 0.268 e. The molecule has 0 saturated heterocycles. The van der Waals surface area contributed by atoms with E-state index in [0.717, 1.165) is 45.9 Å². The van der Waals surface area contributed by atoms with Crippen molar-refractivity contribution >= 4 is 21.5 Å². The average Bonchev–Trinajstić information content (AvgIpc) is 3.23. The van der Waals surface area contributed by atoms with Gasteiger partial charge in [0.25, 0.3) is 16.0 Å². The molecule has 1 aromatic carbocycles. The highest BCUT2D eigenvalue weighted by Gasteiger charge is 2.63. The van der Waals surface area contributed by atoms with E-state index >= 15 is 0 Å². The van der Waals surface area contributed by atoms with Crippen LogP contribution in [0, 0.1) is 32.1 Å². The molecular weight excluding hydrogens is 472 g/mol. The molecule has 0 amide bonds. The Morgan fingerprint density at radius 1 is 1.18 bits per heavy atom. The molecule has 2 aliphatic rings. The van der Waals surface area contributed by atoms with Crippen LogP contribution in [0.25, 0.3) is 22.2 Å². The van der Waals surface area contributed by atoms with Gasteiger partial charge in [0.05, 0.1) is 24.3 Å². The third-order valence-corrected chi connectivity index (χ3v) is 8.94. The van der Waals surface area contributed by atoms with Gasteiger partial charge < -0.3 is 9.26 Å². The molecule has 2 heterocycles. The zero-order valence-electron chi connectivity index (χ0n) is 20.4. The first kappa shape index (κ1) is 23.5. The van der Waals surface area contributed by atoms with Crippen molar-refractivity contribution in [2.75, 3.05) is 19.5 Å². The van der Waals surface area contributed by atoms with Crippen LogP contribution in [-0.2, 0) is 20.7 Å². The van der Waals surface area contributed by atoms with Crippen molar-refractivity contribution < 1.29 is 21.9 Å². The minimum absolute atomic E-state index is 0.103. The van der Waals surface area contributed by atoms with Gasteiger partial charge in [-0.25, -0.2) is 0 Å². The highest BCUT2D eigenvalue weighted by molar-refractivity contribution is 7.85. The molecule has 7 nitrogen and oxygen atoms in total. The molecule has 0 spiro atoms. The van der Waals surface area contributed by atoms with Gasteiger partial charge in [-0.2, -0.15) is 13.4 Å². The highest BCUT2D eigenvalue weighted by Crippen LogP contribution is 2.72. The van der Waals surface area contributed by atoms with Crippen molar-refractivity contribution in [3.05, 3.63) is 39.3 Å². The lowest BCUT2D eigenvalue weighted by atomic mass is 9.95. The Hall–Kier alpha value is -2.23. The Bertz CT molecular complexity index is 1350. The van der Waals surface area contributed by atoms with E-state index in [4.69, 9.17) is 18.4 Å². The molecule has 0 bridgehead atoms. The lowest BCUT2D eigenvalue weighted by Crippen LogP contribution is -2.08. The van der Waals surface area contributed by atoms with E-state index < -0.39 is 10.1 Å². The third-order valence-electron chi connectivity index (χ3n) is 7.19. The number of aryl methyl sites for hydroxylation is 3. The summed E-state index contributed by atoms with van der Waals surface area (Å²) in [5.74, 6) is 3.36. The molecule has 1 saturated carbocycles. The maximum absolute atomic E-state index is 11.1. The first-order valence-corrected chi connectivity index (χ1v) is 14.2. The van der Waals surface area contributed by atoms with Gasteiger partial charge in [-0.05, 0) is 78.8 Å². The van der Waals surface area contributed by atoms with E-state index in [9.17, 15) is 8.42 Å². The number of nitrogens with zero attached hydrogens (tertiary/aromatic N) is 2. The Balaban J connectivity index is 1.32. The summed E-state index contributed by atoms with van der Waals surface area (Å²) in [5.41, 5.74) is 6.14. The number of ether oxygens (including phenoxy) is 1. The fourth-order valence-corrected chi connectivity index (χ4v) is 7.06. The largest absolute Gasteiger partial charge is 0.493 e. The maximum atomic E-state index is 11.1. The van der Waals surface area contributed by atoms with Crippen LogP contribution in [0.15, 0.2) is 16.7 Å². The van der Waals surface area contributed by atoms with E-state index in [1.165, 1.54) is 16.0 Å². The van der Waals surface area contributed by atoms with E-state index in [2.05, 4.69) is 25.9 Å². The van der Waals surface area contributed by atoms with Crippen LogP contribution < -0.4 is 4.74 Å². The molecule has 182 valence electrons. The summed E-state index contributed by atoms with van der Waals surface area (Å²) >= 11 is 1.77. The fourth-order valence-electron chi connectivity index (χ4n) is 5.49. The minimum atomic E-state index is -3.43. The summed E-state index contributed by atoms with van der Waals surface area (Å²) in [5, 5.41) is 4.28. The predicted molar refractivity (Wildman–Crippen MR) is 132 cm³/mol. The van der Waals surface area contributed by atoms with Crippen molar-refractivity contribution in [1.29, 1.82) is 0 Å². The zero-order valence-corrected chi connectivity index (χ0v) is 22.0. The molecule has 34 heavy (non-hydrogen) atoms. The van der Waals surface area contributed by atoms with Crippen LogP contribution in [0.2, 0.25) is 0 Å². The van der Waals surface area contributed by atoms with Gasteiger partial charge in [0, 0.05) is 16.9 Å². The van der Waals surface area contributed by atoms with E-state index in [1.54, 1.807) is 11.3 Å². The first-order valence-electron chi connectivity index (χ1n) is 11.5. The van der Waals surface area contributed by atoms with Gasteiger partial charge in [0.2, 0.25) is 5.82 Å². The number of rotatable bonds is 8. The van der Waals surface area contributed by atoms with E-state index in [1.807, 2.05) is 26.0 Å². The Kier molecular flexibility index (Phi) is 5.65. The van der Waals surface area contributed by atoms with Gasteiger partial charge >= 0.3 is 0 Å². The predicted octanol–water partition coefficient (Wildman–Crippen LogP) is 5.43. The molecule has 0 N–H and O–H groups in total. The molecule has 0 aliphatic heterocycles. The van der Waals surface area contributed by atoms with Crippen molar-refractivity contribution in [2.24, 2.45) is 11.3 Å². The van der Waals surface area contributed by atoms with Crippen molar-refractivity contribution in [3.8, 4) is 27.9 Å². The molecule has 1 fully saturated rings. The quantitative estimate of drug-likeness (QED) is 0.299. The van der Waals surface area contributed by atoms with E-state index in [-0.39, 0.29) is 6.61 Å². The summed E-state index contributed by atoms with van der Waals surface area (Å²) in [4.78, 5) is 7.25. The first-order chi connectivity index (χ1) is 16.0. The molecule has 3 aromatic rings. The molecular formula is C25H30N2O5S2. The lowest BCUT2D eigenvalue weighted by molar-refractivity contribution is 0.250. The second-order valence-corrected chi connectivity index (χ2v) is 12.9. The smallest absolute Gasteiger partial charge is 0.268 e. The Morgan fingerprint density at radius 3 is 2.56 bits per heavy atom. The molecule has 9 heteroatoms. The molecule has 0 radical (unpaired) electrons. The summed E-state index contributed by atoms with van der Waals surface area (Å²) in [6, 6.07) is 3.98. The van der Waals surface area contributed by atoms with Gasteiger partial charge in [0.1, 0.15) is 5.75 Å². The van der Waals surface area contributed by atoms with Gasteiger partial charge in [0.15, 0.2) is 0 Å². The van der Waals surface area contributed by atoms with Crippen LogP contribution in [0.1, 0.15) is 53.3 Å². The summed E-state index contributed by atoms with van der Waals surface area (Å²) in [7, 11) is -3.43. The third kappa shape index (κ3) is 4.07. The van der Waals surface area contributed by atoms with E-state index in [0.29, 0.717) is 36.1 Å². The number of fused-ring (bicyclic) bond motifs is 3. The molecule has 5 rings (SSSR count). The molecule has 2 aromatic heterocycles. The fraction of sp³-hybridized carbons (Fsp3) is 0.520. The minimum Gasteiger partial charge on any atom is -0.493 e. The second kappa shape index (κ2) is 8.17. The van der Waals surface area contributed by atoms with Gasteiger partial charge in [-0.1, -0.05) is 19.0 Å². The SMILES string of the molecule is Cc1cc(-c2noc(-c3sc(C)c4c3C[C@@H]3[C@H]4C3(C)C)n2)cc(C)c1OCCCOS(C)(=O)=O. The molecule has 2 atom stereocenters. The van der Waals surface area contributed by atoms with Gasteiger partial charge in [-0.15, -0.1) is 11.3 Å². The van der Waals surface area contributed by atoms with Crippen LogP contribution in [0.5, 0.6) is 5.75 Å². The van der Waals surface area contributed by atoms with Crippen LogP contribution >= 0.6 is 11.3 Å². The highest BCUT2D eigenvalue weighted by atomic mass is 32.2. The zero-order chi connectivity index (χ0) is 24.4. The van der Waals surface area contributed by atoms with Crippen molar-refractivity contribution in [1.82, 2.24) is 10.1 Å². The summed E-state index contributed by atoms with van der Waals surface area (Å²) in [6.45, 7) is 11.4. The topological polar surface area (TPSA) is 91.5 Å². The van der Waals surface area contributed by atoms with Gasteiger partial charge in [-0.3, -0.25) is 4.18 Å². The monoisotopic (exact) mass is 502 g/mol. The Morgan fingerprint density at radius 2 is 1.88 bits per heavy atom.